The van der Waals surface area contributed by atoms with E-state index < -0.39 is 0 Å². The molecule has 0 aliphatic rings. The van der Waals surface area contributed by atoms with Crippen molar-refractivity contribution in [1.29, 1.82) is 0 Å². The average molecular weight is 252 g/mol. The zero-order chi connectivity index (χ0) is 10.6. The van der Waals surface area contributed by atoms with Gasteiger partial charge in [0.2, 0.25) is 0 Å². The van der Waals surface area contributed by atoms with Crippen LogP contribution in [-0.2, 0) is 6.42 Å². The third kappa shape index (κ3) is 2.98. The number of allylic oxidation sites excluding steroid dienone is 1. The molecule has 0 saturated carbocycles. The van der Waals surface area contributed by atoms with Crippen LogP contribution >= 0.6 is 15.9 Å². The fourth-order valence-corrected chi connectivity index (χ4v) is 2.02. The van der Waals surface area contributed by atoms with Gasteiger partial charge in [0.05, 0.1) is 0 Å². The molecule has 1 aromatic carbocycles. The second kappa shape index (κ2) is 5.35. The monoisotopic (exact) mass is 251 g/mol. The van der Waals surface area contributed by atoms with Crippen molar-refractivity contribution in [3.63, 3.8) is 0 Å². The number of benzene rings is 1. The van der Waals surface area contributed by atoms with E-state index in [0.717, 1.165) is 10.9 Å². The third-order valence-electron chi connectivity index (χ3n) is 2.23. The van der Waals surface area contributed by atoms with Gasteiger partial charge in [0.1, 0.15) is 0 Å². The Kier molecular flexibility index (Phi) is 4.40. The SMILES string of the molecule is [CH2]C(C=C)c1cc(Br)cc(CCC)c1. The van der Waals surface area contributed by atoms with Crippen molar-refractivity contribution in [2.45, 2.75) is 25.7 Å². The van der Waals surface area contributed by atoms with E-state index in [1.165, 1.54) is 17.5 Å². The van der Waals surface area contributed by atoms with Crippen molar-refractivity contribution in [2.24, 2.45) is 0 Å². The average Bonchev–Trinajstić information content (AvgIpc) is 2.16. The lowest BCUT2D eigenvalue weighted by Gasteiger charge is -2.09. The summed E-state index contributed by atoms with van der Waals surface area (Å²) in [6.45, 7) is 9.98. The van der Waals surface area contributed by atoms with Gasteiger partial charge >= 0.3 is 0 Å². The molecule has 0 amide bonds. The summed E-state index contributed by atoms with van der Waals surface area (Å²) >= 11 is 3.52. The van der Waals surface area contributed by atoms with Crippen LogP contribution in [-0.4, -0.2) is 0 Å². The van der Waals surface area contributed by atoms with Crippen LogP contribution in [0.2, 0.25) is 0 Å². The summed E-state index contributed by atoms with van der Waals surface area (Å²) in [5, 5.41) is 0. The highest BCUT2D eigenvalue weighted by Gasteiger charge is 2.03. The Morgan fingerprint density at radius 3 is 2.71 bits per heavy atom. The molecular weight excluding hydrogens is 236 g/mol. The molecule has 0 aliphatic carbocycles. The molecule has 0 N–H and O–H groups in total. The van der Waals surface area contributed by atoms with Crippen molar-refractivity contribution in [3.8, 4) is 0 Å². The summed E-state index contributed by atoms with van der Waals surface area (Å²) in [5.74, 6) is 0.183. The predicted octanol–water partition coefficient (Wildman–Crippen LogP) is 4.51. The number of rotatable bonds is 4. The van der Waals surface area contributed by atoms with Crippen LogP contribution in [0.25, 0.3) is 0 Å². The van der Waals surface area contributed by atoms with Gasteiger partial charge in [-0.05, 0) is 36.6 Å². The van der Waals surface area contributed by atoms with Gasteiger partial charge < -0.3 is 0 Å². The Morgan fingerprint density at radius 1 is 1.43 bits per heavy atom. The van der Waals surface area contributed by atoms with Crippen LogP contribution in [0, 0.1) is 6.92 Å². The zero-order valence-corrected chi connectivity index (χ0v) is 10.2. The number of aryl methyl sites for hydroxylation is 1. The Bertz CT molecular complexity index is 315. The Hall–Kier alpha value is -0.560. The normalized spacial score (nSPS) is 12.5. The largest absolute Gasteiger partial charge is 0.102 e. The molecule has 1 radical (unpaired) electrons. The second-order valence-electron chi connectivity index (χ2n) is 3.49. The molecule has 0 bridgehead atoms. The maximum absolute atomic E-state index is 4.03. The molecule has 1 atom stereocenters. The highest BCUT2D eigenvalue weighted by molar-refractivity contribution is 9.10. The quantitative estimate of drug-likeness (QED) is 0.692. The van der Waals surface area contributed by atoms with Crippen LogP contribution in [0.15, 0.2) is 35.3 Å². The Labute approximate surface area is 95.2 Å². The minimum Gasteiger partial charge on any atom is -0.102 e. The van der Waals surface area contributed by atoms with Crippen LogP contribution in [0.4, 0.5) is 0 Å². The first-order valence-electron chi connectivity index (χ1n) is 4.92. The lowest BCUT2D eigenvalue weighted by atomic mass is 9.98. The number of hydrogen-bond donors (Lipinski definition) is 0. The molecule has 0 spiro atoms. The molecule has 0 nitrogen and oxygen atoms in total. The standard InChI is InChI=1S/C13H16Br/c1-4-6-11-7-12(10(3)5-2)9-13(14)8-11/h5,7-10H,2-4,6H2,1H3. The van der Waals surface area contributed by atoms with Gasteiger partial charge in [0, 0.05) is 10.4 Å². The van der Waals surface area contributed by atoms with Gasteiger partial charge in [-0.1, -0.05) is 41.4 Å². The van der Waals surface area contributed by atoms with Gasteiger partial charge in [-0.15, -0.1) is 6.58 Å². The smallest absolute Gasteiger partial charge is 0.0180 e. The second-order valence-corrected chi connectivity index (χ2v) is 4.40. The topological polar surface area (TPSA) is 0 Å². The first kappa shape index (κ1) is 11.5. The first-order chi connectivity index (χ1) is 6.67. The molecule has 75 valence electrons. The minimum atomic E-state index is 0.183. The first-order valence-corrected chi connectivity index (χ1v) is 5.71. The highest BCUT2D eigenvalue weighted by Crippen LogP contribution is 2.23. The molecule has 0 aromatic heterocycles. The van der Waals surface area contributed by atoms with Gasteiger partial charge in [0.25, 0.3) is 0 Å². The molecule has 1 aromatic rings. The van der Waals surface area contributed by atoms with E-state index in [2.05, 4.69) is 54.6 Å². The maximum Gasteiger partial charge on any atom is 0.0180 e. The van der Waals surface area contributed by atoms with Crippen LogP contribution < -0.4 is 0 Å². The lowest BCUT2D eigenvalue weighted by Crippen LogP contribution is -1.92. The Morgan fingerprint density at radius 2 is 2.14 bits per heavy atom. The summed E-state index contributed by atoms with van der Waals surface area (Å²) in [6, 6.07) is 6.49. The highest BCUT2D eigenvalue weighted by atomic mass is 79.9. The molecule has 0 aliphatic heterocycles. The fourth-order valence-electron chi connectivity index (χ4n) is 1.46. The van der Waals surface area contributed by atoms with Crippen molar-refractivity contribution in [1.82, 2.24) is 0 Å². The summed E-state index contributed by atoms with van der Waals surface area (Å²) in [7, 11) is 0. The van der Waals surface area contributed by atoms with Crippen LogP contribution in [0.1, 0.15) is 30.4 Å². The summed E-state index contributed by atoms with van der Waals surface area (Å²) in [5.41, 5.74) is 2.60. The number of hydrogen-bond acceptors (Lipinski definition) is 0. The molecule has 0 heterocycles. The molecule has 0 saturated heterocycles. The van der Waals surface area contributed by atoms with Crippen molar-refractivity contribution >= 4 is 15.9 Å². The fraction of sp³-hybridized carbons (Fsp3) is 0.308. The minimum absolute atomic E-state index is 0.183. The molecule has 0 fully saturated rings. The van der Waals surface area contributed by atoms with Crippen molar-refractivity contribution in [2.75, 3.05) is 0 Å². The summed E-state index contributed by atoms with van der Waals surface area (Å²) < 4.78 is 1.13. The predicted molar refractivity (Wildman–Crippen MR) is 66.4 cm³/mol. The van der Waals surface area contributed by atoms with Crippen molar-refractivity contribution in [3.05, 3.63) is 53.4 Å². The van der Waals surface area contributed by atoms with E-state index in [-0.39, 0.29) is 5.92 Å². The van der Waals surface area contributed by atoms with E-state index in [1.807, 2.05) is 6.08 Å². The number of halogens is 1. The van der Waals surface area contributed by atoms with Gasteiger partial charge in [-0.25, -0.2) is 0 Å². The maximum atomic E-state index is 4.03. The molecule has 14 heavy (non-hydrogen) atoms. The molecule has 1 unspecified atom stereocenters. The Balaban J connectivity index is 3.00. The molecule has 1 heteroatoms. The van der Waals surface area contributed by atoms with E-state index in [9.17, 15) is 0 Å². The van der Waals surface area contributed by atoms with Gasteiger partial charge in [-0.3, -0.25) is 0 Å². The van der Waals surface area contributed by atoms with E-state index in [0.29, 0.717) is 0 Å². The van der Waals surface area contributed by atoms with Crippen LogP contribution in [0.3, 0.4) is 0 Å². The summed E-state index contributed by atoms with van der Waals surface area (Å²) in [6.07, 6.45) is 4.17. The van der Waals surface area contributed by atoms with Crippen LogP contribution in [0.5, 0.6) is 0 Å². The van der Waals surface area contributed by atoms with E-state index in [4.69, 9.17) is 0 Å². The van der Waals surface area contributed by atoms with Crippen molar-refractivity contribution < 1.29 is 0 Å². The van der Waals surface area contributed by atoms with Gasteiger partial charge in [0.15, 0.2) is 0 Å². The molecule has 1 rings (SSSR count). The summed E-state index contributed by atoms with van der Waals surface area (Å²) in [4.78, 5) is 0. The lowest BCUT2D eigenvalue weighted by molar-refractivity contribution is 0.914. The molecular formula is C13H16Br. The van der Waals surface area contributed by atoms with E-state index >= 15 is 0 Å². The van der Waals surface area contributed by atoms with E-state index in [1.54, 1.807) is 0 Å². The van der Waals surface area contributed by atoms with Gasteiger partial charge in [-0.2, -0.15) is 0 Å². The third-order valence-corrected chi connectivity index (χ3v) is 2.69. The zero-order valence-electron chi connectivity index (χ0n) is 8.59.